The van der Waals surface area contributed by atoms with Crippen molar-refractivity contribution in [3.8, 4) is 11.3 Å². The first-order valence-electron chi connectivity index (χ1n) is 11.7. The lowest BCUT2D eigenvalue weighted by Crippen LogP contribution is -2.21. The molecule has 0 fully saturated rings. The summed E-state index contributed by atoms with van der Waals surface area (Å²) in [5.74, 6) is -2.01. The molecule has 0 aliphatic carbocycles. The monoisotopic (exact) mass is 433 g/mol. The van der Waals surface area contributed by atoms with Crippen molar-refractivity contribution < 1.29 is 19.8 Å². The number of aromatic carboxylic acids is 1. The maximum Gasteiger partial charge on any atom is 0.335 e. The first kappa shape index (κ1) is 22.1. The van der Waals surface area contributed by atoms with E-state index in [1.54, 1.807) is 12.1 Å². The van der Waals surface area contributed by atoms with Crippen molar-refractivity contribution >= 4 is 22.8 Å². The van der Waals surface area contributed by atoms with Gasteiger partial charge in [0, 0.05) is 23.0 Å². The van der Waals surface area contributed by atoms with Crippen LogP contribution in [0.15, 0.2) is 42.5 Å². The summed E-state index contributed by atoms with van der Waals surface area (Å²) in [6, 6.07) is 13.4. The Morgan fingerprint density at radius 3 is 2.56 bits per heavy atom. The normalized spacial score (nSPS) is 16.2. The van der Waals surface area contributed by atoms with E-state index in [4.69, 9.17) is 0 Å². The minimum absolute atomic E-state index is 0.229. The van der Waals surface area contributed by atoms with Gasteiger partial charge in [0.25, 0.3) is 0 Å². The maximum absolute atomic E-state index is 12.1. The average molecular weight is 434 g/mol. The molecule has 0 saturated carbocycles. The fourth-order valence-corrected chi connectivity index (χ4v) is 5.24. The van der Waals surface area contributed by atoms with Gasteiger partial charge in [0.1, 0.15) is 0 Å². The maximum atomic E-state index is 12.1. The second kappa shape index (κ2) is 9.19. The molecular formula is C27H31NO4. The van der Waals surface area contributed by atoms with Crippen molar-refractivity contribution in [3.63, 3.8) is 0 Å². The van der Waals surface area contributed by atoms with E-state index in [2.05, 4.69) is 24.5 Å². The average Bonchev–Trinajstić information content (AvgIpc) is 2.98. The zero-order chi connectivity index (χ0) is 22.8. The van der Waals surface area contributed by atoms with E-state index in [0.29, 0.717) is 18.9 Å². The van der Waals surface area contributed by atoms with Gasteiger partial charge in [-0.15, -0.1) is 0 Å². The fraction of sp³-hybridized carbons (Fsp3) is 0.407. The second-order valence-corrected chi connectivity index (χ2v) is 8.91. The van der Waals surface area contributed by atoms with Crippen LogP contribution in [0.1, 0.15) is 73.4 Å². The molecule has 2 atom stereocenters. The minimum atomic E-state index is -0.970. The molecule has 1 aromatic heterocycles. The molecule has 168 valence electrons. The molecule has 0 amide bonds. The van der Waals surface area contributed by atoms with E-state index >= 15 is 0 Å². The topological polar surface area (TPSA) is 79.5 Å². The molecule has 0 spiro atoms. The molecule has 2 heterocycles. The number of carboxylic acids is 2. The second-order valence-electron chi connectivity index (χ2n) is 8.91. The third kappa shape index (κ3) is 3.92. The fourth-order valence-electron chi connectivity index (χ4n) is 5.24. The lowest BCUT2D eigenvalue weighted by atomic mass is 9.86. The molecule has 1 aliphatic rings. The summed E-state index contributed by atoms with van der Waals surface area (Å²) in [5, 5.41) is 20.6. The van der Waals surface area contributed by atoms with Gasteiger partial charge in [0.2, 0.25) is 0 Å². The van der Waals surface area contributed by atoms with E-state index in [9.17, 15) is 19.8 Å². The Kier molecular flexibility index (Phi) is 6.35. The van der Waals surface area contributed by atoms with Gasteiger partial charge in [-0.3, -0.25) is 4.79 Å². The van der Waals surface area contributed by atoms with Crippen molar-refractivity contribution in [2.45, 2.75) is 64.8 Å². The number of aliphatic carboxylic acids is 1. The number of benzene rings is 2. The predicted octanol–water partition coefficient (Wildman–Crippen LogP) is 6.34. The van der Waals surface area contributed by atoms with Crippen LogP contribution in [0, 0.1) is 5.92 Å². The molecular weight excluding hydrogens is 402 g/mol. The SMILES string of the molecule is CCCCCC(CC)c1c2n(c3cc(C(=O)O)ccc13)CC(C(=O)O)Cc1ccccc1-2. The minimum Gasteiger partial charge on any atom is -0.481 e. The van der Waals surface area contributed by atoms with Gasteiger partial charge in [-0.25, -0.2) is 4.79 Å². The Balaban J connectivity index is 2.03. The van der Waals surface area contributed by atoms with Crippen molar-refractivity contribution in [2.24, 2.45) is 5.92 Å². The zero-order valence-corrected chi connectivity index (χ0v) is 18.8. The summed E-state index contributed by atoms with van der Waals surface area (Å²) in [6.45, 7) is 4.75. The highest BCUT2D eigenvalue weighted by Gasteiger charge is 2.32. The van der Waals surface area contributed by atoms with Gasteiger partial charge in [0.15, 0.2) is 0 Å². The van der Waals surface area contributed by atoms with Crippen LogP contribution in [-0.4, -0.2) is 26.7 Å². The van der Waals surface area contributed by atoms with E-state index in [1.165, 1.54) is 12.0 Å². The van der Waals surface area contributed by atoms with Crippen LogP contribution in [0.4, 0.5) is 0 Å². The summed E-state index contributed by atoms with van der Waals surface area (Å²) < 4.78 is 2.09. The van der Waals surface area contributed by atoms with Gasteiger partial charge < -0.3 is 14.8 Å². The van der Waals surface area contributed by atoms with E-state index in [0.717, 1.165) is 53.4 Å². The van der Waals surface area contributed by atoms with Crippen LogP contribution in [0.5, 0.6) is 0 Å². The lowest BCUT2D eigenvalue weighted by Gasteiger charge is -2.19. The van der Waals surface area contributed by atoms with Crippen LogP contribution in [0.2, 0.25) is 0 Å². The summed E-state index contributed by atoms with van der Waals surface area (Å²) in [6.07, 6.45) is 6.03. The molecule has 3 aromatic rings. The standard InChI is InChI=1S/C27H31NO4/c1-3-5-6-9-17(4-2)24-22-13-12-19(26(29)30)15-23(22)28-16-20(27(31)32)14-18-10-7-8-11-21(18)25(24)28/h7-8,10-13,15,17,20H,3-6,9,14,16H2,1-2H3,(H,29,30)(H,31,32). The van der Waals surface area contributed by atoms with Gasteiger partial charge in [-0.05, 0) is 48.4 Å². The first-order chi connectivity index (χ1) is 15.5. The van der Waals surface area contributed by atoms with Gasteiger partial charge in [-0.1, -0.05) is 63.4 Å². The molecule has 0 saturated heterocycles. The lowest BCUT2D eigenvalue weighted by molar-refractivity contribution is -0.142. The number of carbonyl (C=O) groups is 2. The van der Waals surface area contributed by atoms with Crippen LogP contribution in [0.3, 0.4) is 0 Å². The number of carboxylic acid groups (broad SMARTS) is 2. The van der Waals surface area contributed by atoms with Crippen LogP contribution >= 0.6 is 0 Å². The van der Waals surface area contributed by atoms with Crippen molar-refractivity contribution in [1.29, 1.82) is 0 Å². The molecule has 2 unspecified atom stereocenters. The number of hydrogen-bond donors (Lipinski definition) is 2. The van der Waals surface area contributed by atoms with Crippen molar-refractivity contribution in [2.75, 3.05) is 0 Å². The summed E-state index contributed by atoms with van der Waals surface area (Å²) in [5.41, 5.74) is 5.50. The summed E-state index contributed by atoms with van der Waals surface area (Å²) in [4.78, 5) is 23.8. The molecule has 5 nitrogen and oxygen atoms in total. The highest BCUT2D eigenvalue weighted by Crippen LogP contribution is 2.45. The highest BCUT2D eigenvalue weighted by atomic mass is 16.4. The number of rotatable bonds is 8. The Morgan fingerprint density at radius 2 is 1.88 bits per heavy atom. The molecule has 0 radical (unpaired) electrons. The molecule has 32 heavy (non-hydrogen) atoms. The molecule has 5 heteroatoms. The highest BCUT2D eigenvalue weighted by molar-refractivity contribution is 5.98. The smallest absolute Gasteiger partial charge is 0.335 e. The van der Waals surface area contributed by atoms with Crippen molar-refractivity contribution in [1.82, 2.24) is 4.57 Å². The number of aromatic nitrogens is 1. The number of unbranched alkanes of at least 4 members (excludes halogenated alkanes) is 2. The summed E-state index contributed by atoms with van der Waals surface area (Å²) >= 11 is 0. The zero-order valence-electron chi connectivity index (χ0n) is 18.8. The molecule has 2 aromatic carbocycles. The van der Waals surface area contributed by atoms with Gasteiger partial charge >= 0.3 is 11.9 Å². The largest absolute Gasteiger partial charge is 0.481 e. The quantitative estimate of drug-likeness (QED) is 0.406. The Labute approximate surface area is 188 Å². The molecule has 4 rings (SSSR count). The molecule has 1 aliphatic heterocycles. The number of nitrogens with zero attached hydrogens (tertiary/aromatic N) is 1. The van der Waals surface area contributed by atoms with Crippen LogP contribution < -0.4 is 0 Å². The third-order valence-electron chi connectivity index (χ3n) is 6.90. The van der Waals surface area contributed by atoms with Crippen LogP contribution in [-0.2, 0) is 17.8 Å². The van der Waals surface area contributed by atoms with E-state index in [1.807, 2.05) is 24.3 Å². The Bertz CT molecular complexity index is 1160. The van der Waals surface area contributed by atoms with Crippen LogP contribution in [0.25, 0.3) is 22.2 Å². The summed E-state index contributed by atoms with van der Waals surface area (Å²) in [7, 11) is 0. The Morgan fingerprint density at radius 1 is 1.09 bits per heavy atom. The van der Waals surface area contributed by atoms with E-state index < -0.39 is 17.9 Å². The predicted molar refractivity (Wildman–Crippen MR) is 126 cm³/mol. The number of fused-ring (bicyclic) bond motifs is 5. The molecule has 0 bridgehead atoms. The Hall–Kier alpha value is -3.08. The van der Waals surface area contributed by atoms with Gasteiger partial charge in [-0.2, -0.15) is 0 Å². The van der Waals surface area contributed by atoms with Crippen molar-refractivity contribution in [3.05, 3.63) is 59.2 Å². The van der Waals surface area contributed by atoms with E-state index in [-0.39, 0.29) is 5.56 Å². The number of hydrogen-bond acceptors (Lipinski definition) is 2. The molecule has 2 N–H and O–H groups in total. The van der Waals surface area contributed by atoms with Gasteiger partial charge in [0.05, 0.1) is 17.2 Å². The third-order valence-corrected chi connectivity index (χ3v) is 6.90. The first-order valence-corrected chi connectivity index (χ1v) is 11.7.